The van der Waals surface area contributed by atoms with Crippen LogP contribution in [0.2, 0.25) is 0 Å². The van der Waals surface area contributed by atoms with Crippen molar-refractivity contribution < 1.29 is 28.1 Å². The Morgan fingerprint density at radius 2 is 1.84 bits per heavy atom. The van der Waals surface area contributed by atoms with Gasteiger partial charge in [0, 0.05) is 29.3 Å². The Bertz CT molecular complexity index is 1250. The lowest BCUT2D eigenvalue weighted by Crippen LogP contribution is -2.15. The molecule has 0 bridgehead atoms. The normalized spacial score (nSPS) is 12.6. The van der Waals surface area contributed by atoms with Crippen molar-refractivity contribution in [2.75, 3.05) is 18.5 Å². The molecule has 3 aromatic rings. The molecular formula is C21H23N2O8P. The van der Waals surface area contributed by atoms with E-state index in [0.717, 1.165) is 23.1 Å². The highest BCUT2D eigenvalue weighted by molar-refractivity contribution is 7.54. The molecule has 1 atom stereocenters. The van der Waals surface area contributed by atoms with Crippen LogP contribution in [-0.4, -0.2) is 23.2 Å². The number of anilines is 1. The van der Waals surface area contributed by atoms with E-state index in [1.54, 1.807) is 39.0 Å². The van der Waals surface area contributed by atoms with Gasteiger partial charge in [-0.3, -0.25) is 14.7 Å². The first-order valence-corrected chi connectivity index (χ1v) is 11.5. The van der Waals surface area contributed by atoms with E-state index in [2.05, 4.69) is 5.32 Å². The van der Waals surface area contributed by atoms with Crippen LogP contribution in [0.4, 0.5) is 11.4 Å². The van der Waals surface area contributed by atoms with Crippen molar-refractivity contribution >= 4 is 29.9 Å². The first-order valence-electron chi connectivity index (χ1n) is 9.85. The molecule has 0 fully saturated rings. The van der Waals surface area contributed by atoms with E-state index >= 15 is 0 Å². The number of rotatable bonds is 9. The molecule has 0 saturated carbocycles. The molecule has 3 rings (SSSR count). The van der Waals surface area contributed by atoms with Crippen molar-refractivity contribution in [3.8, 4) is 5.75 Å². The summed E-state index contributed by atoms with van der Waals surface area (Å²) in [5, 5.41) is 24.9. The summed E-state index contributed by atoms with van der Waals surface area (Å²) in [5.41, 5.74) is 0.638. The summed E-state index contributed by atoms with van der Waals surface area (Å²) in [6.07, 6.45) is 0. The number of fused-ring (bicyclic) bond motifs is 1. The number of nitro benzene ring substituents is 1. The van der Waals surface area contributed by atoms with E-state index in [0.29, 0.717) is 11.3 Å². The van der Waals surface area contributed by atoms with Crippen LogP contribution < -0.4 is 10.9 Å². The lowest BCUT2D eigenvalue weighted by atomic mass is 10.1. The summed E-state index contributed by atoms with van der Waals surface area (Å²) in [7, 11) is -3.87. The van der Waals surface area contributed by atoms with Crippen molar-refractivity contribution in [1.82, 2.24) is 0 Å². The van der Waals surface area contributed by atoms with E-state index in [-0.39, 0.29) is 18.8 Å². The van der Waals surface area contributed by atoms with Crippen molar-refractivity contribution in [3.05, 3.63) is 74.1 Å². The molecule has 0 saturated heterocycles. The van der Waals surface area contributed by atoms with Crippen molar-refractivity contribution in [1.29, 1.82) is 0 Å². The molecule has 1 unspecified atom stereocenters. The number of nitro groups is 1. The second-order valence-electron chi connectivity index (χ2n) is 6.89. The molecule has 11 heteroatoms. The largest absolute Gasteiger partial charge is 0.502 e. The van der Waals surface area contributed by atoms with Crippen LogP contribution in [0.25, 0.3) is 11.0 Å². The maximum atomic E-state index is 13.6. The number of hydrogen-bond donors (Lipinski definition) is 2. The monoisotopic (exact) mass is 462 g/mol. The van der Waals surface area contributed by atoms with Gasteiger partial charge < -0.3 is 23.9 Å². The van der Waals surface area contributed by atoms with Gasteiger partial charge in [0.2, 0.25) is 0 Å². The van der Waals surface area contributed by atoms with E-state index < -0.39 is 35.4 Å². The van der Waals surface area contributed by atoms with Crippen LogP contribution >= 0.6 is 7.60 Å². The number of nitrogens with one attached hydrogen (secondary N) is 1. The quantitative estimate of drug-likeness (QED) is 0.192. The lowest BCUT2D eigenvalue weighted by molar-refractivity contribution is -0.385. The summed E-state index contributed by atoms with van der Waals surface area (Å²) in [5.74, 6) is -1.67. The van der Waals surface area contributed by atoms with Crippen LogP contribution in [0.1, 0.15) is 30.8 Å². The molecule has 2 N–H and O–H groups in total. The standard InChI is InChI=1S/C21H23N2O8P/c1-4-29-32(28,30-5-2)21(14-6-9-18(24)17(11-14)23(26)27)22-15-7-8-16-13(3)10-20(25)31-19(16)12-15/h6-12,21-22,24H,4-5H2,1-3H3. The van der Waals surface area contributed by atoms with Gasteiger partial charge in [0.25, 0.3) is 0 Å². The molecule has 2 aromatic carbocycles. The fraction of sp³-hybridized carbons (Fsp3) is 0.286. The molecule has 0 aliphatic carbocycles. The number of benzene rings is 2. The molecule has 1 aromatic heterocycles. The maximum Gasteiger partial charge on any atom is 0.357 e. The molecule has 0 amide bonds. The highest BCUT2D eigenvalue weighted by Crippen LogP contribution is 2.61. The number of phenolic OH excluding ortho intramolecular Hbond substituents is 1. The third-order valence-electron chi connectivity index (χ3n) is 4.70. The van der Waals surface area contributed by atoms with E-state index in [1.165, 1.54) is 12.1 Å². The second-order valence-corrected chi connectivity index (χ2v) is 9.00. The summed E-state index contributed by atoms with van der Waals surface area (Å²) in [6, 6.07) is 10.0. The van der Waals surface area contributed by atoms with Gasteiger partial charge in [0.15, 0.2) is 11.5 Å². The zero-order valence-corrected chi connectivity index (χ0v) is 18.6. The second kappa shape index (κ2) is 9.52. The minimum Gasteiger partial charge on any atom is -0.502 e. The van der Waals surface area contributed by atoms with Crippen molar-refractivity contribution in [2.45, 2.75) is 26.6 Å². The van der Waals surface area contributed by atoms with Gasteiger partial charge in [0.1, 0.15) is 5.58 Å². The lowest BCUT2D eigenvalue weighted by Gasteiger charge is -2.28. The number of nitrogens with zero attached hydrogens (tertiary/aromatic N) is 1. The van der Waals surface area contributed by atoms with Crippen molar-refractivity contribution in [3.63, 3.8) is 0 Å². The van der Waals surface area contributed by atoms with Crippen LogP contribution in [-0.2, 0) is 13.6 Å². The molecule has 1 heterocycles. The van der Waals surface area contributed by atoms with Crippen LogP contribution in [0.15, 0.2) is 51.7 Å². The number of hydrogen-bond acceptors (Lipinski definition) is 9. The first-order chi connectivity index (χ1) is 15.2. The fourth-order valence-electron chi connectivity index (χ4n) is 3.32. The van der Waals surface area contributed by atoms with Crippen LogP contribution in [0.5, 0.6) is 5.75 Å². The molecule has 0 spiro atoms. The zero-order valence-electron chi connectivity index (χ0n) is 17.7. The third kappa shape index (κ3) is 4.83. The number of aryl methyl sites for hydroxylation is 1. The third-order valence-corrected chi connectivity index (χ3v) is 7.00. The van der Waals surface area contributed by atoms with Crippen LogP contribution in [0, 0.1) is 17.0 Å². The van der Waals surface area contributed by atoms with Gasteiger partial charge in [-0.2, -0.15) is 0 Å². The summed E-state index contributed by atoms with van der Waals surface area (Å²) >= 11 is 0. The van der Waals surface area contributed by atoms with Gasteiger partial charge in [-0.1, -0.05) is 6.07 Å². The Balaban J connectivity index is 2.14. The summed E-state index contributed by atoms with van der Waals surface area (Å²) < 4.78 is 29.9. The predicted molar refractivity (Wildman–Crippen MR) is 119 cm³/mol. The van der Waals surface area contributed by atoms with Gasteiger partial charge in [0.05, 0.1) is 18.1 Å². The Kier molecular flexibility index (Phi) is 6.98. The maximum absolute atomic E-state index is 13.6. The average molecular weight is 462 g/mol. The fourth-order valence-corrected chi connectivity index (χ4v) is 5.25. The highest BCUT2D eigenvalue weighted by atomic mass is 31.2. The molecule has 0 aliphatic rings. The number of aromatic hydroxyl groups is 1. The molecule has 32 heavy (non-hydrogen) atoms. The Morgan fingerprint density at radius 1 is 1.16 bits per heavy atom. The van der Waals surface area contributed by atoms with Gasteiger partial charge in [-0.25, -0.2) is 4.79 Å². The Hall–Kier alpha value is -3.20. The Morgan fingerprint density at radius 3 is 2.47 bits per heavy atom. The number of phenols is 1. The van der Waals surface area contributed by atoms with Gasteiger partial charge in [-0.05, 0) is 50.1 Å². The topological polar surface area (TPSA) is 141 Å². The van der Waals surface area contributed by atoms with Crippen LogP contribution in [0.3, 0.4) is 0 Å². The minimum absolute atomic E-state index is 0.0709. The smallest absolute Gasteiger partial charge is 0.357 e. The van der Waals surface area contributed by atoms with E-state index in [9.17, 15) is 24.6 Å². The van der Waals surface area contributed by atoms with Crippen molar-refractivity contribution in [2.24, 2.45) is 0 Å². The summed E-state index contributed by atoms with van der Waals surface area (Å²) in [4.78, 5) is 22.3. The molecule has 170 valence electrons. The van der Waals surface area contributed by atoms with E-state index in [4.69, 9.17) is 13.5 Å². The Labute approximate surface area is 183 Å². The SMILES string of the molecule is CCOP(=O)(OCC)C(Nc1ccc2c(C)cc(=O)oc2c1)c1ccc(O)c([N+](=O)[O-])c1. The van der Waals surface area contributed by atoms with Gasteiger partial charge >= 0.3 is 18.9 Å². The first kappa shape index (κ1) is 23.5. The zero-order chi connectivity index (χ0) is 23.5. The molecule has 0 radical (unpaired) electrons. The van der Waals surface area contributed by atoms with Gasteiger partial charge in [-0.15, -0.1) is 0 Å². The minimum atomic E-state index is -3.87. The summed E-state index contributed by atoms with van der Waals surface area (Å²) in [6.45, 7) is 5.22. The highest BCUT2D eigenvalue weighted by Gasteiger charge is 2.38. The molecular weight excluding hydrogens is 439 g/mol. The average Bonchev–Trinajstić information content (AvgIpc) is 2.72. The molecule has 10 nitrogen and oxygen atoms in total. The molecule has 0 aliphatic heterocycles. The predicted octanol–water partition coefficient (Wildman–Crippen LogP) is 5.09. The van der Waals surface area contributed by atoms with E-state index in [1.807, 2.05) is 0 Å².